The topological polar surface area (TPSA) is 114 Å². The van der Waals surface area contributed by atoms with Crippen LogP contribution in [-0.4, -0.2) is 47.9 Å². The van der Waals surface area contributed by atoms with Gasteiger partial charge in [-0.15, -0.1) is 0 Å². The van der Waals surface area contributed by atoms with Gasteiger partial charge in [-0.2, -0.15) is 4.31 Å². The fourth-order valence-corrected chi connectivity index (χ4v) is 5.16. The lowest BCUT2D eigenvalue weighted by Crippen LogP contribution is -2.46. The Bertz CT molecular complexity index is 897. The van der Waals surface area contributed by atoms with Crippen molar-refractivity contribution in [3.63, 3.8) is 0 Å². The molecule has 0 amide bonds. The highest BCUT2D eigenvalue weighted by Crippen LogP contribution is 2.34. The lowest BCUT2D eigenvalue weighted by atomic mass is 10.0. The molecular weight excluding hydrogens is 354 g/mol. The number of Topliss-reactive ketones (excluding diaryl/α,β-unsaturated/α-hetero) is 1. The number of sulfonamides is 1. The number of fused-ring (bicyclic) bond motifs is 1. The third-order valence-corrected chi connectivity index (χ3v) is 6.49. The zero-order valence-electron chi connectivity index (χ0n) is 12.6. The number of rotatable bonds is 4. The molecule has 0 spiro atoms. The molecule has 1 unspecified atom stereocenters. The molecule has 1 aromatic carbocycles. The first-order chi connectivity index (χ1) is 11.4. The Balaban J connectivity index is 2.08. The van der Waals surface area contributed by atoms with Crippen molar-refractivity contribution in [2.24, 2.45) is 11.7 Å². The van der Waals surface area contributed by atoms with Crippen LogP contribution >= 0.6 is 11.6 Å². The summed E-state index contributed by atoms with van der Waals surface area (Å²) < 4.78 is 27.2. The summed E-state index contributed by atoms with van der Waals surface area (Å²) in [6.07, 6.45) is 2.18. The third-order valence-electron chi connectivity index (χ3n) is 4.26. The van der Waals surface area contributed by atoms with E-state index in [1.54, 1.807) is 12.1 Å². The summed E-state index contributed by atoms with van der Waals surface area (Å²) in [5.74, 6) is -1.17. The number of halogens is 1. The molecule has 0 radical (unpaired) electrons. The van der Waals surface area contributed by atoms with Crippen LogP contribution in [0.3, 0.4) is 0 Å². The maximum atomic E-state index is 13.1. The van der Waals surface area contributed by atoms with Crippen LogP contribution < -0.4 is 5.73 Å². The summed E-state index contributed by atoms with van der Waals surface area (Å²) >= 11 is 6.15. The van der Waals surface area contributed by atoms with E-state index in [9.17, 15) is 13.2 Å². The molecule has 1 aliphatic heterocycles. The van der Waals surface area contributed by atoms with Gasteiger partial charge in [0.2, 0.25) is 10.0 Å². The number of carbonyl (C=O) groups is 1. The smallest absolute Gasteiger partial charge is 0.245 e. The predicted molar refractivity (Wildman–Crippen MR) is 88.8 cm³/mol. The van der Waals surface area contributed by atoms with E-state index in [0.29, 0.717) is 10.8 Å². The highest BCUT2D eigenvalue weighted by atomic mass is 35.5. The Morgan fingerprint density at radius 2 is 2.17 bits per heavy atom. The number of hydrogen-bond acceptors (Lipinski definition) is 6. The average molecular weight is 370 g/mol. The maximum Gasteiger partial charge on any atom is 0.245 e. The lowest BCUT2D eigenvalue weighted by Gasteiger charge is -2.24. The number of hydrogen-bond donors (Lipinski definition) is 2. The number of aromatic nitrogens is 1. The summed E-state index contributed by atoms with van der Waals surface area (Å²) in [5.41, 5.74) is 5.97. The zero-order chi connectivity index (χ0) is 17.5. The molecule has 24 heavy (non-hydrogen) atoms. The van der Waals surface area contributed by atoms with Gasteiger partial charge in [-0.25, -0.2) is 8.42 Å². The molecule has 2 aromatic rings. The second kappa shape index (κ2) is 6.38. The van der Waals surface area contributed by atoms with Gasteiger partial charge in [0.25, 0.3) is 0 Å². The van der Waals surface area contributed by atoms with E-state index >= 15 is 0 Å². The number of nitrogens with zero attached hydrogens (tertiary/aromatic N) is 2. The SMILES string of the molecule is N[C@H]1C(C(=O)CO)CCN1S(=O)(=O)c1cccc2cncc(Cl)c12. The molecule has 1 saturated heterocycles. The largest absolute Gasteiger partial charge is 0.389 e. The summed E-state index contributed by atoms with van der Waals surface area (Å²) in [6, 6.07) is 4.78. The van der Waals surface area contributed by atoms with Crippen LogP contribution in [0.1, 0.15) is 6.42 Å². The number of aliphatic hydroxyl groups is 1. The zero-order valence-corrected chi connectivity index (χ0v) is 14.2. The molecule has 1 aliphatic rings. The number of aliphatic hydroxyl groups excluding tert-OH is 1. The first-order valence-corrected chi connectivity index (χ1v) is 9.13. The Labute approximate surface area is 144 Å². The van der Waals surface area contributed by atoms with E-state index in [2.05, 4.69) is 4.98 Å². The van der Waals surface area contributed by atoms with Gasteiger partial charge in [0.05, 0.1) is 22.0 Å². The monoisotopic (exact) mass is 369 g/mol. The molecule has 2 heterocycles. The first kappa shape index (κ1) is 17.2. The van der Waals surface area contributed by atoms with Crippen molar-refractivity contribution in [1.82, 2.24) is 9.29 Å². The van der Waals surface area contributed by atoms with Gasteiger partial charge in [0.1, 0.15) is 6.61 Å². The Morgan fingerprint density at radius 3 is 2.88 bits per heavy atom. The fourth-order valence-electron chi connectivity index (χ4n) is 3.04. The van der Waals surface area contributed by atoms with Crippen molar-refractivity contribution in [1.29, 1.82) is 0 Å². The molecule has 1 aromatic heterocycles. The van der Waals surface area contributed by atoms with Crippen molar-refractivity contribution in [2.75, 3.05) is 13.2 Å². The number of pyridine rings is 1. The van der Waals surface area contributed by atoms with Gasteiger partial charge in [-0.05, 0) is 12.5 Å². The minimum absolute atomic E-state index is 0.0277. The van der Waals surface area contributed by atoms with E-state index < -0.39 is 34.5 Å². The first-order valence-electron chi connectivity index (χ1n) is 7.31. The molecule has 128 valence electrons. The van der Waals surface area contributed by atoms with Gasteiger partial charge in [-0.3, -0.25) is 9.78 Å². The summed E-state index contributed by atoms with van der Waals surface area (Å²) in [5, 5.41) is 10.2. The molecule has 9 heteroatoms. The van der Waals surface area contributed by atoms with E-state index in [-0.39, 0.29) is 22.9 Å². The van der Waals surface area contributed by atoms with Gasteiger partial charge >= 0.3 is 0 Å². The van der Waals surface area contributed by atoms with Crippen molar-refractivity contribution >= 4 is 38.2 Å². The number of carbonyl (C=O) groups excluding carboxylic acids is 1. The van der Waals surface area contributed by atoms with Crippen LogP contribution in [0.5, 0.6) is 0 Å². The Hall–Kier alpha value is -1.58. The summed E-state index contributed by atoms with van der Waals surface area (Å²) in [6.45, 7) is -0.545. The predicted octanol–water partition coefficient (Wildman–Crippen LogP) is 0.745. The number of ketones is 1. The van der Waals surface area contributed by atoms with E-state index in [0.717, 1.165) is 4.31 Å². The molecule has 0 saturated carbocycles. The second-order valence-electron chi connectivity index (χ2n) is 5.60. The quantitative estimate of drug-likeness (QED) is 0.821. The fraction of sp³-hybridized carbons (Fsp3) is 0.333. The Kier molecular flexibility index (Phi) is 4.58. The van der Waals surface area contributed by atoms with Crippen molar-refractivity contribution < 1.29 is 18.3 Å². The van der Waals surface area contributed by atoms with E-state index in [1.165, 1.54) is 18.5 Å². The van der Waals surface area contributed by atoms with Crippen molar-refractivity contribution in [3.05, 3.63) is 35.6 Å². The minimum atomic E-state index is -3.95. The minimum Gasteiger partial charge on any atom is -0.389 e. The maximum absolute atomic E-state index is 13.1. The molecule has 0 bridgehead atoms. The number of nitrogens with two attached hydrogens (primary N) is 1. The molecule has 0 aliphatic carbocycles. The number of benzene rings is 1. The third kappa shape index (κ3) is 2.70. The highest BCUT2D eigenvalue weighted by Gasteiger charge is 2.42. The Morgan fingerprint density at radius 1 is 1.42 bits per heavy atom. The van der Waals surface area contributed by atoms with Crippen LogP contribution in [0.4, 0.5) is 0 Å². The molecule has 7 nitrogen and oxygen atoms in total. The van der Waals surface area contributed by atoms with Crippen LogP contribution in [0.15, 0.2) is 35.5 Å². The summed E-state index contributed by atoms with van der Waals surface area (Å²) in [4.78, 5) is 15.7. The lowest BCUT2D eigenvalue weighted by molar-refractivity contribution is -0.126. The van der Waals surface area contributed by atoms with E-state index in [1.807, 2.05) is 0 Å². The van der Waals surface area contributed by atoms with Crippen LogP contribution in [-0.2, 0) is 14.8 Å². The van der Waals surface area contributed by atoms with Crippen molar-refractivity contribution in [2.45, 2.75) is 17.5 Å². The molecular formula is C15H16ClN3O4S. The molecule has 2 atom stereocenters. The van der Waals surface area contributed by atoms with Crippen LogP contribution in [0, 0.1) is 5.92 Å². The highest BCUT2D eigenvalue weighted by molar-refractivity contribution is 7.89. The van der Waals surface area contributed by atoms with Crippen LogP contribution in [0.25, 0.3) is 10.8 Å². The van der Waals surface area contributed by atoms with Crippen LogP contribution in [0.2, 0.25) is 5.02 Å². The molecule has 3 rings (SSSR count). The van der Waals surface area contributed by atoms with Gasteiger partial charge in [0, 0.05) is 29.7 Å². The van der Waals surface area contributed by atoms with E-state index in [4.69, 9.17) is 22.4 Å². The van der Waals surface area contributed by atoms with Gasteiger partial charge in [0.15, 0.2) is 5.78 Å². The second-order valence-corrected chi connectivity index (χ2v) is 7.87. The standard InChI is InChI=1S/C15H16ClN3O4S/c16-11-7-18-6-9-2-1-3-13(14(9)11)24(22,23)19-5-4-10(15(19)17)12(21)8-20/h1-3,6-7,10,15,20H,4-5,8,17H2/t10?,15-/m1/s1. The van der Waals surface area contributed by atoms with Gasteiger partial charge in [-0.1, -0.05) is 23.7 Å². The summed E-state index contributed by atoms with van der Waals surface area (Å²) in [7, 11) is -3.95. The molecule has 1 fully saturated rings. The normalized spacial score (nSPS) is 22.1. The van der Waals surface area contributed by atoms with Gasteiger partial charge < -0.3 is 10.8 Å². The van der Waals surface area contributed by atoms with Crippen molar-refractivity contribution in [3.8, 4) is 0 Å². The molecule has 3 N–H and O–H groups in total. The average Bonchev–Trinajstić information content (AvgIpc) is 2.96.